The van der Waals surface area contributed by atoms with Crippen molar-refractivity contribution in [2.45, 2.75) is 26.3 Å². The number of aryl methyl sites for hydroxylation is 1. The summed E-state index contributed by atoms with van der Waals surface area (Å²) < 4.78 is 0. The maximum atomic E-state index is 12.3. The molecule has 2 aromatic rings. The number of benzene rings is 1. The smallest absolute Gasteiger partial charge is 0.238 e. The number of anilines is 2. The zero-order valence-electron chi connectivity index (χ0n) is 14.6. The molecule has 3 rings (SSSR count). The quantitative estimate of drug-likeness (QED) is 0.863. The first-order valence-corrected chi connectivity index (χ1v) is 9.32. The molecule has 0 bridgehead atoms. The van der Waals surface area contributed by atoms with Gasteiger partial charge in [-0.05, 0) is 55.6 Å². The molecule has 0 unspecified atom stereocenters. The standard InChI is InChI=1S/C19H23N3O2S/c1-14-8-10-25-17(14)12-21(2)13-18(23)20-15-5-3-6-16(11-15)22-9-4-7-19(22)24/h3,5-6,8,10-11H,4,7,9,12-13H2,1-2H3,(H,20,23). The molecule has 1 aromatic heterocycles. The van der Waals surface area contributed by atoms with Crippen LogP contribution in [0.2, 0.25) is 0 Å². The number of carbonyl (C=O) groups excluding carboxylic acids is 2. The van der Waals surface area contributed by atoms with Crippen LogP contribution >= 0.6 is 11.3 Å². The molecular formula is C19H23N3O2S. The number of hydrogen-bond acceptors (Lipinski definition) is 4. The predicted octanol–water partition coefficient (Wildman–Crippen LogP) is 3.25. The van der Waals surface area contributed by atoms with Crippen molar-refractivity contribution in [1.29, 1.82) is 0 Å². The third-order valence-electron chi connectivity index (χ3n) is 4.31. The second kappa shape index (κ2) is 7.80. The Balaban J connectivity index is 1.57. The van der Waals surface area contributed by atoms with E-state index in [0.29, 0.717) is 13.0 Å². The molecule has 0 atom stereocenters. The largest absolute Gasteiger partial charge is 0.325 e. The number of nitrogens with zero attached hydrogens (tertiary/aromatic N) is 2. The fourth-order valence-corrected chi connectivity index (χ4v) is 3.97. The minimum atomic E-state index is -0.0541. The molecule has 2 amide bonds. The van der Waals surface area contributed by atoms with Crippen LogP contribution < -0.4 is 10.2 Å². The van der Waals surface area contributed by atoms with Gasteiger partial charge >= 0.3 is 0 Å². The van der Waals surface area contributed by atoms with Crippen molar-refractivity contribution in [2.24, 2.45) is 0 Å². The van der Waals surface area contributed by atoms with Gasteiger partial charge < -0.3 is 10.2 Å². The molecule has 0 saturated carbocycles. The summed E-state index contributed by atoms with van der Waals surface area (Å²) in [5.74, 6) is 0.0936. The lowest BCUT2D eigenvalue weighted by atomic mass is 10.2. The second-order valence-electron chi connectivity index (χ2n) is 6.45. The Morgan fingerprint density at radius 3 is 2.88 bits per heavy atom. The maximum Gasteiger partial charge on any atom is 0.238 e. The predicted molar refractivity (Wildman–Crippen MR) is 102 cm³/mol. The van der Waals surface area contributed by atoms with Crippen molar-refractivity contribution >= 4 is 34.5 Å². The first kappa shape index (κ1) is 17.6. The third kappa shape index (κ3) is 4.46. The average molecular weight is 357 g/mol. The van der Waals surface area contributed by atoms with Crippen LogP contribution in [0.5, 0.6) is 0 Å². The van der Waals surface area contributed by atoms with E-state index in [1.807, 2.05) is 36.2 Å². The number of thiophene rings is 1. The molecule has 5 nitrogen and oxygen atoms in total. The van der Waals surface area contributed by atoms with Gasteiger partial charge in [0.1, 0.15) is 0 Å². The van der Waals surface area contributed by atoms with Crippen LogP contribution in [0.1, 0.15) is 23.3 Å². The molecule has 6 heteroatoms. The Morgan fingerprint density at radius 1 is 1.36 bits per heavy atom. The Hall–Kier alpha value is -2.18. The van der Waals surface area contributed by atoms with Gasteiger partial charge in [-0.15, -0.1) is 11.3 Å². The van der Waals surface area contributed by atoms with Crippen LogP contribution in [0, 0.1) is 6.92 Å². The van der Waals surface area contributed by atoms with Gasteiger partial charge in [0.05, 0.1) is 6.54 Å². The summed E-state index contributed by atoms with van der Waals surface area (Å²) in [6.07, 6.45) is 1.49. The van der Waals surface area contributed by atoms with Crippen molar-refractivity contribution < 1.29 is 9.59 Å². The number of likely N-dealkylation sites (N-methyl/N-ethyl adjacent to an activating group) is 1. The zero-order valence-corrected chi connectivity index (χ0v) is 15.4. The molecule has 0 radical (unpaired) electrons. The number of hydrogen-bond donors (Lipinski definition) is 1. The van der Waals surface area contributed by atoms with Crippen molar-refractivity contribution in [1.82, 2.24) is 4.90 Å². The summed E-state index contributed by atoms with van der Waals surface area (Å²) in [6.45, 7) is 3.92. The summed E-state index contributed by atoms with van der Waals surface area (Å²) in [4.78, 5) is 29.2. The Kier molecular flexibility index (Phi) is 5.50. The lowest BCUT2D eigenvalue weighted by Gasteiger charge is -2.18. The number of nitrogens with one attached hydrogen (secondary N) is 1. The molecule has 2 heterocycles. The van der Waals surface area contributed by atoms with Gasteiger partial charge in [-0.2, -0.15) is 0 Å². The van der Waals surface area contributed by atoms with E-state index in [2.05, 4.69) is 23.7 Å². The molecule has 1 saturated heterocycles. The van der Waals surface area contributed by atoms with Crippen LogP contribution in [0.3, 0.4) is 0 Å². The summed E-state index contributed by atoms with van der Waals surface area (Å²) in [7, 11) is 1.94. The highest BCUT2D eigenvalue weighted by Crippen LogP contribution is 2.24. The Labute approximate surface area is 152 Å². The number of carbonyl (C=O) groups is 2. The molecular weight excluding hydrogens is 334 g/mol. The van der Waals surface area contributed by atoms with E-state index in [9.17, 15) is 9.59 Å². The van der Waals surface area contributed by atoms with Crippen molar-refractivity contribution in [3.05, 3.63) is 46.2 Å². The minimum Gasteiger partial charge on any atom is -0.325 e. The van der Waals surface area contributed by atoms with E-state index < -0.39 is 0 Å². The topological polar surface area (TPSA) is 52.7 Å². The first-order valence-electron chi connectivity index (χ1n) is 8.45. The van der Waals surface area contributed by atoms with Gasteiger partial charge in [-0.1, -0.05) is 6.07 Å². The van der Waals surface area contributed by atoms with Crippen molar-refractivity contribution in [2.75, 3.05) is 30.4 Å². The monoisotopic (exact) mass is 357 g/mol. The first-order chi connectivity index (χ1) is 12.0. The molecule has 25 heavy (non-hydrogen) atoms. The van der Waals surface area contributed by atoms with Crippen LogP contribution in [0.25, 0.3) is 0 Å². The Morgan fingerprint density at radius 2 is 2.20 bits per heavy atom. The van der Waals surface area contributed by atoms with E-state index in [4.69, 9.17) is 0 Å². The fourth-order valence-electron chi connectivity index (χ4n) is 2.99. The van der Waals surface area contributed by atoms with Crippen LogP contribution in [0.15, 0.2) is 35.7 Å². The lowest BCUT2D eigenvalue weighted by molar-refractivity contribution is -0.117. The normalized spacial score (nSPS) is 14.4. The second-order valence-corrected chi connectivity index (χ2v) is 7.45. The van der Waals surface area contributed by atoms with E-state index in [1.54, 1.807) is 16.2 Å². The van der Waals surface area contributed by atoms with Crippen molar-refractivity contribution in [3.63, 3.8) is 0 Å². The van der Waals surface area contributed by atoms with E-state index >= 15 is 0 Å². The summed E-state index contributed by atoms with van der Waals surface area (Å²) >= 11 is 1.71. The van der Waals surface area contributed by atoms with Gasteiger partial charge in [0.25, 0.3) is 0 Å². The molecule has 1 fully saturated rings. The average Bonchev–Trinajstić information content (AvgIpc) is 3.16. The molecule has 1 aromatic carbocycles. The van der Waals surface area contributed by atoms with E-state index in [-0.39, 0.29) is 11.8 Å². The highest BCUT2D eigenvalue weighted by molar-refractivity contribution is 7.10. The fraction of sp³-hybridized carbons (Fsp3) is 0.368. The van der Waals surface area contributed by atoms with Gasteiger partial charge in [0.15, 0.2) is 0 Å². The SMILES string of the molecule is Cc1ccsc1CN(C)CC(=O)Nc1cccc(N2CCCC2=O)c1. The highest BCUT2D eigenvalue weighted by atomic mass is 32.1. The molecule has 1 aliphatic heterocycles. The van der Waals surface area contributed by atoms with Crippen LogP contribution in [-0.2, 0) is 16.1 Å². The third-order valence-corrected chi connectivity index (χ3v) is 5.32. The van der Waals surface area contributed by atoms with Gasteiger partial charge in [0.2, 0.25) is 11.8 Å². The molecule has 132 valence electrons. The Bertz CT molecular complexity index is 772. The van der Waals surface area contributed by atoms with Crippen LogP contribution in [-0.4, -0.2) is 36.9 Å². The zero-order chi connectivity index (χ0) is 17.8. The van der Waals surface area contributed by atoms with Crippen molar-refractivity contribution in [3.8, 4) is 0 Å². The minimum absolute atomic E-state index is 0.0541. The van der Waals surface area contributed by atoms with Gasteiger partial charge in [0, 0.05) is 35.8 Å². The molecule has 0 aliphatic carbocycles. The highest BCUT2D eigenvalue weighted by Gasteiger charge is 2.21. The summed E-state index contributed by atoms with van der Waals surface area (Å²) in [6, 6.07) is 9.59. The van der Waals surface area contributed by atoms with Gasteiger partial charge in [-0.25, -0.2) is 0 Å². The van der Waals surface area contributed by atoms with Crippen LogP contribution in [0.4, 0.5) is 11.4 Å². The van der Waals surface area contributed by atoms with E-state index in [0.717, 1.165) is 30.9 Å². The molecule has 1 aliphatic rings. The summed E-state index contributed by atoms with van der Waals surface area (Å²) in [5.41, 5.74) is 2.84. The van der Waals surface area contributed by atoms with Gasteiger partial charge in [-0.3, -0.25) is 14.5 Å². The maximum absolute atomic E-state index is 12.3. The lowest BCUT2D eigenvalue weighted by Crippen LogP contribution is -2.30. The van der Waals surface area contributed by atoms with E-state index in [1.165, 1.54) is 10.4 Å². The molecule has 1 N–H and O–H groups in total. The number of amides is 2. The number of rotatable bonds is 6. The summed E-state index contributed by atoms with van der Waals surface area (Å²) in [5, 5.41) is 5.00. The molecule has 0 spiro atoms.